The monoisotopic (exact) mass is 180 g/mol. The van der Waals surface area contributed by atoms with E-state index in [-0.39, 0.29) is 0 Å². The van der Waals surface area contributed by atoms with Crippen LogP contribution in [0.25, 0.3) is 11.2 Å². The molecule has 12 heavy (non-hydrogen) atoms. The zero-order valence-corrected chi connectivity index (χ0v) is 7.43. The van der Waals surface area contributed by atoms with E-state index in [0.29, 0.717) is 0 Å². The second-order valence-electron chi connectivity index (χ2n) is 2.38. The van der Waals surface area contributed by atoms with Gasteiger partial charge in [0.15, 0.2) is 5.65 Å². The zero-order valence-electron chi connectivity index (χ0n) is 6.61. The van der Waals surface area contributed by atoms with Crippen LogP contribution in [0.1, 0.15) is 5.82 Å². The van der Waals surface area contributed by atoms with Crippen molar-refractivity contribution >= 4 is 22.9 Å². The van der Waals surface area contributed by atoms with E-state index < -0.39 is 0 Å². The fourth-order valence-electron chi connectivity index (χ4n) is 1.02. The summed E-state index contributed by atoms with van der Waals surface area (Å²) < 4.78 is 0. The van der Waals surface area contributed by atoms with Gasteiger partial charge >= 0.3 is 0 Å². The lowest BCUT2D eigenvalue weighted by atomic mass is 10.6. The molecule has 0 spiro atoms. The van der Waals surface area contributed by atoms with Gasteiger partial charge in [0.25, 0.3) is 0 Å². The van der Waals surface area contributed by atoms with E-state index >= 15 is 0 Å². The van der Waals surface area contributed by atoms with Crippen molar-refractivity contribution in [1.29, 1.82) is 0 Å². The summed E-state index contributed by atoms with van der Waals surface area (Å²) in [6.07, 6.45) is 5.28. The standard InChI is InChI=1S/C7H8N4S/c1-12-3-6-10-5-2-8-4-9-7(5)11-6/h2,4H,3H2,1H3,(H,8,9,10,11). The molecular formula is C7H8N4S. The van der Waals surface area contributed by atoms with Crippen molar-refractivity contribution in [2.45, 2.75) is 5.75 Å². The van der Waals surface area contributed by atoms with Gasteiger partial charge in [0.1, 0.15) is 17.7 Å². The predicted molar refractivity (Wildman–Crippen MR) is 48.9 cm³/mol. The number of aromatic nitrogens is 4. The number of hydrogen-bond donors (Lipinski definition) is 1. The first-order valence-corrected chi connectivity index (χ1v) is 4.93. The number of fused-ring (bicyclic) bond motifs is 1. The van der Waals surface area contributed by atoms with Gasteiger partial charge in [-0.15, -0.1) is 0 Å². The first-order valence-electron chi connectivity index (χ1n) is 3.53. The molecule has 5 heteroatoms. The number of rotatable bonds is 2. The van der Waals surface area contributed by atoms with Crippen molar-refractivity contribution in [3.05, 3.63) is 18.3 Å². The van der Waals surface area contributed by atoms with Crippen molar-refractivity contribution in [3.8, 4) is 0 Å². The van der Waals surface area contributed by atoms with Gasteiger partial charge in [-0.3, -0.25) is 0 Å². The number of hydrogen-bond acceptors (Lipinski definition) is 4. The number of aromatic amines is 1. The third kappa shape index (κ3) is 1.27. The normalized spacial score (nSPS) is 10.8. The van der Waals surface area contributed by atoms with Crippen molar-refractivity contribution < 1.29 is 0 Å². The SMILES string of the molecule is CSCc1nc2ncncc2[nH]1. The average molecular weight is 180 g/mol. The Balaban J connectivity index is 2.47. The van der Waals surface area contributed by atoms with Crippen LogP contribution in [0.2, 0.25) is 0 Å². The summed E-state index contributed by atoms with van der Waals surface area (Å²) in [5.41, 5.74) is 1.65. The van der Waals surface area contributed by atoms with Crippen LogP contribution in [-0.4, -0.2) is 26.2 Å². The Hall–Kier alpha value is -1.10. The van der Waals surface area contributed by atoms with E-state index in [2.05, 4.69) is 19.9 Å². The van der Waals surface area contributed by atoms with E-state index in [9.17, 15) is 0 Å². The van der Waals surface area contributed by atoms with Gasteiger partial charge in [0.2, 0.25) is 0 Å². The van der Waals surface area contributed by atoms with Crippen molar-refractivity contribution in [1.82, 2.24) is 19.9 Å². The molecule has 2 aromatic heterocycles. The van der Waals surface area contributed by atoms with Crippen molar-refractivity contribution in [2.75, 3.05) is 6.26 Å². The van der Waals surface area contributed by atoms with Crippen molar-refractivity contribution in [3.63, 3.8) is 0 Å². The first kappa shape index (κ1) is 7.54. The van der Waals surface area contributed by atoms with E-state index in [0.717, 1.165) is 22.7 Å². The molecule has 2 heterocycles. The molecule has 0 saturated carbocycles. The van der Waals surface area contributed by atoms with E-state index in [1.807, 2.05) is 6.26 Å². The number of imidazole rings is 1. The Labute approximate surface area is 73.8 Å². The maximum atomic E-state index is 4.27. The molecule has 0 atom stereocenters. The second-order valence-corrected chi connectivity index (χ2v) is 3.24. The highest BCUT2D eigenvalue weighted by Crippen LogP contribution is 2.09. The molecule has 0 aliphatic heterocycles. The molecule has 0 bridgehead atoms. The largest absolute Gasteiger partial charge is 0.339 e. The minimum Gasteiger partial charge on any atom is -0.339 e. The smallest absolute Gasteiger partial charge is 0.180 e. The van der Waals surface area contributed by atoms with Crippen LogP contribution in [0.3, 0.4) is 0 Å². The van der Waals surface area contributed by atoms with Gasteiger partial charge in [-0.25, -0.2) is 15.0 Å². The molecule has 0 aromatic carbocycles. The summed E-state index contributed by atoms with van der Waals surface area (Å²) in [5.74, 6) is 1.84. The Bertz CT molecular complexity index is 351. The molecule has 0 amide bonds. The molecule has 0 aliphatic rings. The molecule has 2 rings (SSSR count). The van der Waals surface area contributed by atoms with Gasteiger partial charge in [-0.05, 0) is 6.26 Å². The highest BCUT2D eigenvalue weighted by atomic mass is 32.2. The lowest BCUT2D eigenvalue weighted by Crippen LogP contribution is -1.80. The molecular weight excluding hydrogens is 172 g/mol. The highest BCUT2D eigenvalue weighted by Gasteiger charge is 2.01. The first-order chi connectivity index (χ1) is 5.90. The van der Waals surface area contributed by atoms with Crippen LogP contribution in [0.5, 0.6) is 0 Å². The average Bonchev–Trinajstić information content (AvgIpc) is 2.47. The Morgan fingerprint density at radius 2 is 2.50 bits per heavy atom. The summed E-state index contributed by atoms with van der Waals surface area (Å²) in [6.45, 7) is 0. The van der Waals surface area contributed by atoms with E-state index in [4.69, 9.17) is 0 Å². The minimum absolute atomic E-state index is 0.744. The number of thioether (sulfide) groups is 1. The van der Waals surface area contributed by atoms with Gasteiger partial charge in [0, 0.05) is 0 Å². The summed E-state index contributed by atoms with van der Waals surface area (Å²) >= 11 is 1.73. The lowest BCUT2D eigenvalue weighted by Gasteiger charge is -1.86. The molecule has 0 saturated heterocycles. The maximum Gasteiger partial charge on any atom is 0.180 e. The summed E-state index contributed by atoms with van der Waals surface area (Å²) in [4.78, 5) is 15.3. The molecule has 4 nitrogen and oxygen atoms in total. The minimum atomic E-state index is 0.744. The van der Waals surface area contributed by atoms with Crippen LogP contribution < -0.4 is 0 Å². The van der Waals surface area contributed by atoms with Gasteiger partial charge in [-0.2, -0.15) is 11.8 Å². The molecule has 0 fully saturated rings. The lowest BCUT2D eigenvalue weighted by molar-refractivity contribution is 1.13. The second kappa shape index (κ2) is 3.10. The summed E-state index contributed by atoms with van der Waals surface area (Å²) in [6, 6.07) is 0. The van der Waals surface area contributed by atoms with Gasteiger partial charge < -0.3 is 4.98 Å². The topological polar surface area (TPSA) is 54.5 Å². The quantitative estimate of drug-likeness (QED) is 0.754. The Kier molecular flexibility index (Phi) is 1.95. The van der Waals surface area contributed by atoms with Crippen molar-refractivity contribution in [2.24, 2.45) is 0 Å². The zero-order chi connectivity index (χ0) is 8.39. The Morgan fingerprint density at radius 1 is 1.58 bits per heavy atom. The van der Waals surface area contributed by atoms with Crippen LogP contribution in [0, 0.1) is 0 Å². The molecule has 0 aliphatic carbocycles. The molecule has 62 valence electrons. The number of nitrogens with zero attached hydrogens (tertiary/aromatic N) is 3. The van der Waals surface area contributed by atoms with E-state index in [1.165, 1.54) is 6.33 Å². The highest BCUT2D eigenvalue weighted by molar-refractivity contribution is 7.97. The van der Waals surface area contributed by atoms with Crippen LogP contribution >= 0.6 is 11.8 Å². The number of H-pyrrole nitrogens is 1. The predicted octanol–water partition coefficient (Wildman–Crippen LogP) is 1.22. The molecule has 2 aromatic rings. The van der Waals surface area contributed by atoms with Gasteiger partial charge in [-0.1, -0.05) is 0 Å². The summed E-state index contributed by atoms with van der Waals surface area (Å²) in [5, 5.41) is 0. The molecule has 1 N–H and O–H groups in total. The van der Waals surface area contributed by atoms with Gasteiger partial charge in [0.05, 0.1) is 11.9 Å². The third-order valence-electron chi connectivity index (χ3n) is 1.49. The fourth-order valence-corrected chi connectivity index (χ4v) is 1.43. The third-order valence-corrected chi connectivity index (χ3v) is 2.05. The molecule has 0 unspecified atom stereocenters. The van der Waals surface area contributed by atoms with Crippen LogP contribution in [-0.2, 0) is 5.75 Å². The van der Waals surface area contributed by atoms with E-state index in [1.54, 1.807) is 18.0 Å². The maximum absolute atomic E-state index is 4.27. The summed E-state index contributed by atoms with van der Waals surface area (Å²) in [7, 11) is 0. The number of nitrogens with one attached hydrogen (secondary N) is 1. The fraction of sp³-hybridized carbons (Fsp3) is 0.286. The van der Waals surface area contributed by atoms with Crippen LogP contribution in [0.15, 0.2) is 12.5 Å². The molecule has 0 radical (unpaired) electrons. The van der Waals surface area contributed by atoms with Crippen LogP contribution in [0.4, 0.5) is 0 Å². The Morgan fingerprint density at radius 3 is 3.25 bits per heavy atom.